The number of nitrogens with zero attached hydrogens (tertiary/aromatic N) is 2. The van der Waals surface area contributed by atoms with Crippen molar-refractivity contribution in [1.82, 2.24) is 9.55 Å². The number of aliphatic hydroxyl groups is 3. The number of ether oxygens (including phenoxy) is 1. The molecule has 1 fully saturated rings. The molecule has 2 rings (SSSR count). The maximum Gasteiger partial charge on any atom is 0.351 e. The Morgan fingerprint density at radius 3 is 2.68 bits per heavy atom. The van der Waals surface area contributed by atoms with Crippen LogP contribution in [0.25, 0.3) is 0 Å². The number of rotatable bonds is 3. The molecule has 7 N–H and O–H groups in total. The minimum absolute atomic E-state index is 0.0557. The zero-order chi connectivity index (χ0) is 14.2. The quantitative estimate of drug-likeness (QED) is 0.320. The SMILES string of the molecule is Nc1cn([C@@H]2O[C@H](CO)[C@@H](O)[C@H]2O)c(=O)nc1NO. The first-order valence-corrected chi connectivity index (χ1v) is 5.40. The lowest BCUT2D eigenvalue weighted by Gasteiger charge is -2.18. The maximum atomic E-state index is 11.7. The Balaban J connectivity index is 2.38. The Labute approximate surface area is 106 Å². The fourth-order valence-electron chi connectivity index (χ4n) is 1.87. The smallest absolute Gasteiger partial charge is 0.351 e. The van der Waals surface area contributed by atoms with E-state index in [2.05, 4.69) is 4.98 Å². The lowest BCUT2D eigenvalue weighted by Crippen LogP contribution is -2.36. The summed E-state index contributed by atoms with van der Waals surface area (Å²) in [7, 11) is 0. The van der Waals surface area contributed by atoms with E-state index in [0.29, 0.717) is 0 Å². The van der Waals surface area contributed by atoms with Gasteiger partial charge in [-0.05, 0) is 0 Å². The van der Waals surface area contributed by atoms with Gasteiger partial charge in [0.1, 0.15) is 18.3 Å². The predicted octanol–water partition coefficient (Wildman–Crippen LogP) is -2.76. The van der Waals surface area contributed by atoms with Crippen molar-refractivity contribution in [3.05, 3.63) is 16.7 Å². The van der Waals surface area contributed by atoms with E-state index < -0.39 is 36.8 Å². The van der Waals surface area contributed by atoms with Gasteiger partial charge in [-0.3, -0.25) is 15.3 Å². The summed E-state index contributed by atoms with van der Waals surface area (Å²) >= 11 is 0. The van der Waals surface area contributed by atoms with E-state index in [9.17, 15) is 15.0 Å². The van der Waals surface area contributed by atoms with Gasteiger partial charge in [-0.25, -0.2) is 4.79 Å². The summed E-state index contributed by atoms with van der Waals surface area (Å²) < 4.78 is 6.04. The molecular weight excluding hydrogens is 260 g/mol. The first-order chi connectivity index (χ1) is 8.99. The molecule has 10 heteroatoms. The zero-order valence-electron chi connectivity index (χ0n) is 9.67. The average Bonchev–Trinajstić information content (AvgIpc) is 2.68. The highest BCUT2D eigenvalue weighted by Crippen LogP contribution is 2.28. The number of nitrogen functional groups attached to an aromatic ring is 1. The normalized spacial score (nSPS) is 30.5. The molecule has 1 aliphatic rings. The van der Waals surface area contributed by atoms with Gasteiger partial charge in [-0.15, -0.1) is 0 Å². The molecule has 0 amide bonds. The second kappa shape index (κ2) is 5.11. The summed E-state index contributed by atoms with van der Waals surface area (Å²) in [6.07, 6.45) is -3.87. The topological polar surface area (TPSA) is 163 Å². The maximum absolute atomic E-state index is 11.7. The van der Waals surface area contributed by atoms with E-state index in [1.165, 1.54) is 0 Å². The van der Waals surface area contributed by atoms with Crippen LogP contribution in [0.1, 0.15) is 6.23 Å². The standard InChI is InChI=1S/C9H14N4O6/c10-3-1-13(9(17)11-7(3)12-18)8-6(16)5(15)4(2-14)19-8/h1,4-6,8,14-16,18H,2,10H2,(H,11,12,17)/t4-,5-,6-,8-/m1/s1. The largest absolute Gasteiger partial charge is 0.394 e. The molecule has 0 saturated carbocycles. The molecule has 0 bridgehead atoms. The summed E-state index contributed by atoms with van der Waals surface area (Å²) in [4.78, 5) is 15.1. The summed E-state index contributed by atoms with van der Waals surface area (Å²) in [6, 6.07) is 0. The monoisotopic (exact) mass is 274 g/mol. The highest BCUT2D eigenvalue weighted by molar-refractivity contribution is 5.57. The van der Waals surface area contributed by atoms with Crippen LogP contribution in [0.3, 0.4) is 0 Å². The molecule has 1 aliphatic heterocycles. The van der Waals surface area contributed by atoms with Crippen LogP contribution in [-0.2, 0) is 4.74 Å². The second-order valence-corrected chi connectivity index (χ2v) is 4.08. The number of hydrogen-bond donors (Lipinski definition) is 6. The van der Waals surface area contributed by atoms with Crippen LogP contribution in [-0.4, -0.2) is 55.0 Å². The van der Waals surface area contributed by atoms with Crippen molar-refractivity contribution in [2.75, 3.05) is 17.8 Å². The van der Waals surface area contributed by atoms with Crippen LogP contribution < -0.4 is 16.9 Å². The van der Waals surface area contributed by atoms with Gasteiger partial charge in [-0.1, -0.05) is 0 Å². The van der Waals surface area contributed by atoms with Crippen molar-refractivity contribution in [1.29, 1.82) is 0 Å². The average molecular weight is 274 g/mol. The molecule has 1 saturated heterocycles. The minimum Gasteiger partial charge on any atom is -0.394 e. The van der Waals surface area contributed by atoms with Gasteiger partial charge in [0.05, 0.1) is 12.3 Å². The molecule has 0 unspecified atom stereocenters. The van der Waals surface area contributed by atoms with Gasteiger partial charge in [0.15, 0.2) is 12.0 Å². The Morgan fingerprint density at radius 1 is 1.47 bits per heavy atom. The summed E-state index contributed by atoms with van der Waals surface area (Å²) in [6.45, 7) is -0.511. The Morgan fingerprint density at radius 2 is 2.16 bits per heavy atom. The molecule has 0 radical (unpaired) electrons. The summed E-state index contributed by atoms with van der Waals surface area (Å²) in [5, 5.41) is 37.0. The van der Waals surface area contributed by atoms with Crippen LogP contribution >= 0.6 is 0 Å². The van der Waals surface area contributed by atoms with E-state index in [-0.39, 0.29) is 11.5 Å². The highest BCUT2D eigenvalue weighted by Gasteiger charge is 2.43. The predicted molar refractivity (Wildman–Crippen MR) is 61.3 cm³/mol. The zero-order valence-corrected chi connectivity index (χ0v) is 9.67. The van der Waals surface area contributed by atoms with Gasteiger partial charge in [0.2, 0.25) is 0 Å². The number of nitrogens with one attached hydrogen (secondary N) is 1. The Hall–Kier alpha value is -1.72. The first kappa shape index (κ1) is 13.7. The molecule has 19 heavy (non-hydrogen) atoms. The first-order valence-electron chi connectivity index (χ1n) is 5.40. The van der Waals surface area contributed by atoms with Crippen molar-refractivity contribution >= 4 is 11.5 Å². The number of aromatic nitrogens is 2. The van der Waals surface area contributed by atoms with Crippen molar-refractivity contribution < 1.29 is 25.3 Å². The number of hydrogen-bond acceptors (Lipinski definition) is 9. The highest BCUT2D eigenvalue weighted by atomic mass is 16.6. The van der Waals surface area contributed by atoms with Gasteiger partial charge in [0.25, 0.3) is 0 Å². The number of aliphatic hydroxyl groups excluding tert-OH is 3. The lowest BCUT2D eigenvalue weighted by molar-refractivity contribution is -0.0548. The summed E-state index contributed by atoms with van der Waals surface area (Å²) in [5.74, 6) is -0.229. The van der Waals surface area contributed by atoms with Crippen LogP contribution in [0, 0.1) is 0 Å². The molecule has 1 aromatic rings. The van der Waals surface area contributed by atoms with Crippen LogP contribution in [0.2, 0.25) is 0 Å². The van der Waals surface area contributed by atoms with E-state index in [0.717, 1.165) is 10.8 Å². The van der Waals surface area contributed by atoms with Crippen LogP contribution in [0.5, 0.6) is 0 Å². The van der Waals surface area contributed by atoms with Crippen molar-refractivity contribution in [3.8, 4) is 0 Å². The van der Waals surface area contributed by atoms with Crippen molar-refractivity contribution in [3.63, 3.8) is 0 Å². The van der Waals surface area contributed by atoms with Crippen LogP contribution in [0.15, 0.2) is 11.0 Å². The Kier molecular flexibility index (Phi) is 3.68. The molecule has 4 atom stereocenters. The minimum atomic E-state index is -1.41. The van der Waals surface area contributed by atoms with Gasteiger partial charge < -0.3 is 25.8 Å². The molecular formula is C9H14N4O6. The van der Waals surface area contributed by atoms with Crippen LogP contribution in [0.4, 0.5) is 11.5 Å². The molecule has 0 aromatic carbocycles. The van der Waals surface area contributed by atoms with E-state index in [4.69, 9.17) is 20.8 Å². The third-order valence-corrected chi connectivity index (χ3v) is 2.88. The van der Waals surface area contributed by atoms with Gasteiger partial charge >= 0.3 is 5.69 Å². The van der Waals surface area contributed by atoms with Crippen molar-refractivity contribution in [2.24, 2.45) is 0 Å². The second-order valence-electron chi connectivity index (χ2n) is 4.08. The van der Waals surface area contributed by atoms with Crippen molar-refractivity contribution in [2.45, 2.75) is 24.5 Å². The summed E-state index contributed by atoms with van der Waals surface area (Å²) in [5.41, 5.74) is 6.27. The molecule has 106 valence electrons. The Bertz CT molecular complexity index is 520. The van der Waals surface area contributed by atoms with Gasteiger partial charge in [-0.2, -0.15) is 4.98 Å². The van der Waals surface area contributed by atoms with E-state index in [1.54, 1.807) is 5.48 Å². The van der Waals surface area contributed by atoms with E-state index >= 15 is 0 Å². The third-order valence-electron chi connectivity index (χ3n) is 2.88. The number of anilines is 2. The molecule has 10 nitrogen and oxygen atoms in total. The molecule has 1 aromatic heterocycles. The third kappa shape index (κ3) is 2.27. The fourth-order valence-corrected chi connectivity index (χ4v) is 1.87. The molecule has 0 spiro atoms. The van der Waals surface area contributed by atoms with E-state index in [1.807, 2.05) is 0 Å². The molecule has 2 heterocycles. The number of nitrogens with two attached hydrogens (primary N) is 1. The molecule has 0 aliphatic carbocycles. The fraction of sp³-hybridized carbons (Fsp3) is 0.556. The lowest BCUT2D eigenvalue weighted by atomic mass is 10.1. The van der Waals surface area contributed by atoms with Gasteiger partial charge in [0, 0.05) is 6.20 Å².